The van der Waals surface area contributed by atoms with Crippen LogP contribution in [-0.2, 0) is 12.8 Å². The molecule has 0 saturated carbocycles. The number of hydrogen-bond acceptors (Lipinski definition) is 12. The van der Waals surface area contributed by atoms with Crippen molar-refractivity contribution in [2.45, 2.75) is 12.8 Å². The highest BCUT2D eigenvalue weighted by Crippen LogP contribution is 2.25. The van der Waals surface area contributed by atoms with Gasteiger partial charge in [-0.05, 0) is 25.2 Å². The molecule has 12 nitrogen and oxygen atoms in total. The molecule has 266 valence electrons. The van der Waals surface area contributed by atoms with Crippen LogP contribution in [0.2, 0.25) is 0 Å². The fourth-order valence-corrected chi connectivity index (χ4v) is 6.73. The van der Waals surface area contributed by atoms with Crippen LogP contribution in [0.5, 0.6) is 0 Å². The quantitative estimate of drug-likeness (QED) is 0.271. The van der Waals surface area contributed by atoms with E-state index >= 15 is 0 Å². The fraction of sp³-hybridized carbons (Fsp3) is 0.474. The Morgan fingerprint density at radius 1 is 0.580 bits per heavy atom. The maximum Gasteiger partial charge on any atom is 0.227 e. The molecule has 3 N–H and O–H groups in total. The number of β-amino-alcohol motifs (C(OH)–C–C–N with tert-alkyl or cyclic N) is 1. The number of anilines is 4. The minimum atomic E-state index is 0.208. The average Bonchev–Trinajstić information content (AvgIpc) is 3.15. The first-order valence-corrected chi connectivity index (χ1v) is 18.0. The second-order valence-corrected chi connectivity index (χ2v) is 13.6. The van der Waals surface area contributed by atoms with E-state index in [9.17, 15) is 0 Å². The number of aromatic nitrogens is 4. The summed E-state index contributed by atoms with van der Waals surface area (Å²) in [6.45, 7) is 12.9. The molecular weight excluding hydrogens is 626 g/mol. The third-order valence-electron chi connectivity index (χ3n) is 9.84. The number of aliphatic hydroxyl groups is 1. The first-order valence-electron chi connectivity index (χ1n) is 18.0. The number of likely N-dealkylation sites (N-methyl/N-ethyl adjacent to an activating group) is 2. The van der Waals surface area contributed by atoms with Gasteiger partial charge in [-0.15, -0.1) is 0 Å². The van der Waals surface area contributed by atoms with Crippen LogP contribution < -0.4 is 20.4 Å². The maximum absolute atomic E-state index is 9.05. The lowest BCUT2D eigenvalue weighted by Crippen LogP contribution is -2.47. The van der Waals surface area contributed by atoms with Crippen LogP contribution in [0.3, 0.4) is 0 Å². The zero-order chi connectivity index (χ0) is 34.7. The number of aliphatic hydroxyl groups excluding tert-OH is 1. The summed E-state index contributed by atoms with van der Waals surface area (Å²) in [4.78, 5) is 32.5. The molecule has 0 unspecified atom stereocenters. The monoisotopic (exact) mass is 679 g/mol. The van der Waals surface area contributed by atoms with Crippen molar-refractivity contribution >= 4 is 23.5 Å². The van der Waals surface area contributed by atoms with Crippen LogP contribution in [0.4, 0.5) is 23.5 Å². The lowest BCUT2D eigenvalue weighted by molar-refractivity contribution is 0.188. The molecule has 50 heavy (non-hydrogen) atoms. The summed E-state index contributed by atoms with van der Waals surface area (Å²) >= 11 is 0. The predicted octanol–water partition coefficient (Wildman–Crippen LogP) is 2.33. The molecule has 0 radical (unpaired) electrons. The van der Waals surface area contributed by atoms with Crippen molar-refractivity contribution in [3.8, 4) is 0 Å². The van der Waals surface area contributed by atoms with E-state index in [1.807, 2.05) is 24.4 Å². The van der Waals surface area contributed by atoms with Gasteiger partial charge in [-0.25, -0.2) is 9.97 Å². The van der Waals surface area contributed by atoms with Crippen LogP contribution in [0.25, 0.3) is 0 Å². The third-order valence-corrected chi connectivity index (χ3v) is 9.84. The van der Waals surface area contributed by atoms with Crippen molar-refractivity contribution in [2.24, 2.45) is 0 Å². The highest BCUT2D eigenvalue weighted by atomic mass is 16.3. The van der Waals surface area contributed by atoms with Crippen molar-refractivity contribution in [2.75, 3.05) is 126 Å². The smallest absolute Gasteiger partial charge is 0.227 e. The number of nitrogens with two attached hydrogens (primary N) is 1. The van der Waals surface area contributed by atoms with Gasteiger partial charge in [-0.1, -0.05) is 60.7 Å². The zero-order valence-corrected chi connectivity index (χ0v) is 29.7. The summed E-state index contributed by atoms with van der Waals surface area (Å²) in [5.74, 6) is 3.25. The van der Waals surface area contributed by atoms with Crippen molar-refractivity contribution < 1.29 is 5.11 Å². The van der Waals surface area contributed by atoms with Crippen molar-refractivity contribution in [3.63, 3.8) is 0 Å². The van der Waals surface area contributed by atoms with E-state index in [0.29, 0.717) is 5.95 Å². The third kappa shape index (κ3) is 9.66. The average molecular weight is 680 g/mol. The normalized spacial score (nSPS) is 17.8. The number of rotatable bonds is 9. The molecule has 3 aliphatic rings. The highest BCUT2D eigenvalue weighted by molar-refractivity contribution is 5.53. The number of nitrogens with zero attached hydrogens (tertiary/aromatic N) is 10. The standard InChI is InChI=1S/C21H30N6.C17H23N5O/c1-24-8-12-26(13-9-24)20-19(16-18-6-4-3-5-7-18)17-22-21(23-20)27-14-10-25(2)11-15-27;18-17-19-13-15(12-14-4-2-1-3-5-14)16(20-17)22-8-6-21(7-9-22)10-11-23/h3-7,17H,8-16H2,1-2H3;1-5,13,23H,6-12H2,(H2,18,19,20). The minimum Gasteiger partial charge on any atom is -0.395 e. The topological polar surface area (TPSA) is 117 Å². The number of piperazine rings is 3. The van der Waals surface area contributed by atoms with Gasteiger partial charge in [0.25, 0.3) is 0 Å². The summed E-state index contributed by atoms with van der Waals surface area (Å²) in [7, 11) is 4.37. The molecule has 0 spiro atoms. The fourth-order valence-electron chi connectivity index (χ4n) is 6.73. The minimum absolute atomic E-state index is 0.208. The molecule has 3 fully saturated rings. The summed E-state index contributed by atoms with van der Waals surface area (Å²) < 4.78 is 0. The molecule has 2 aromatic carbocycles. The molecule has 4 aromatic rings. The Bertz CT molecular complexity index is 1600. The Hall–Kier alpha value is -4.36. The molecular formula is C38H53N11O. The van der Waals surface area contributed by atoms with Gasteiger partial charge >= 0.3 is 0 Å². The van der Waals surface area contributed by atoms with Crippen LogP contribution in [0, 0.1) is 0 Å². The van der Waals surface area contributed by atoms with Gasteiger partial charge in [-0.3, -0.25) is 4.90 Å². The predicted molar refractivity (Wildman–Crippen MR) is 202 cm³/mol. The molecule has 0 amide bonds. The first kappa shape index (κ1) is 35.5. The Morgan fingerprint density at radius 3 is 1.56 bits per heavy atom. The Balaban J connectivity index is 0.000000175. The Morgan fingerprint density at radius 2 is 1.04 bits per heavy atom. The number of nitrogen functional groups attached to an aromatic ring is 1. The first-order chi connectivity index (χ1) is 24.4. The van der Waals surface area contributed by atoms with Crippen LogP contribution in [0.1, 0.15) is 22.3 Å². The van der Waals surface area contributed by atoms with Crippen molar-refractivity contribution in [1.82, 2.24) is 34.6 Å². The summed E-state index contributed by atoms with van der Waals surface area (Å²) in [6.07, 6.45) is 5.57. The number of benzene rings is 2. The molecule has 3 saturated heterocycles. The van der Waals surface area contributed by atoms with E-state index in [1.54, 1.807) is 0 Å². The van der Waals surface area contributed by atoms with Gasteiger partial charge < -0.3 is 35.3 Å². The lowest BCUT2D eigenvalue weighted by Gasteiger charge is -2.36. The zero-order valence-electron chi connectivity index (χ0n) is 29.7. The second-order valence-electron chi connectivity index (χ2n) is 13.6. The van der Waals surface area contributed by atoms with E-state index in [4.69, 9.17) is 20.8 Å². The van der Waals surface area contributed by atoms with Gasteiger partial charge in [0.1, 0.15) is 11.6 Å². The van der Waals surface area contributed by atoms with Crippen LogP contribution in [0.15, 0.2) is 73.1 Å². The van der Waals surface area contributed by atoms with Gasteiger partial charge in [-0.2, -0.15) is 9.97 Å². The van der Waals surface area contributed by atoms with E-state index in [0.717, 1.165) is 121 Å². The summed E-state index contributed by atoms with van der Waals surface area (Å²) in [5, 5.41) is 9.05. The van der Waals surface area contributed by atoms with Crippen molar-refractivity contribution in [1.29, 1.82) is 0 Å². The largest absolute Gasteiger partial charge is 0.395 e. The van der Waals surface area contributed by atoms with Gasteiger partial charge in [0.05, 0.1) is 6.61 Å². The van der Waals surface area contributed by atoms with Gasteiger partial charge in [0.2, 0.25) is 11.9 Å². The second kappa shape index (κ2) is 17.5. The van der Waals surface area contributed by atoms with Crippen LogP contribution in [-0.4, -0.2) is 146 Å². The lowest BCUT2D eigenvalue weighted by atomic mass is 10.1. The van der Waals surface area contributed by atoms with Crippen LogP contribution >= 0.6 is 0 Å². The summed E-state index contributed by atoms with van der Waals surface area (Å²) in [5.41, 5.74) is 10.7. The highest BCUT2D eigenvalue weighted by Gasteiger charge is 2.23. The molecule has 12 heteroatoms. The Labute approximate surface area is 297 Å². The molecule has 0 aliphatic carbocycles. The SMILES string of the molecule is CN1CCN(c2ncc(Cc3ccccc3)c(N3CCN(C)CC3)n2)CC1.Nc1ncc(Cc2ccccc2)c(N2CCN(CCO)CC2)n1. The summed E-state index contributed by atoms with van der Waals surface area (Å²) in [6, 6.07) is 21.0. The maximum atomic E-state index is 9.05. The molecule has 0 bridgehead atoms. The van der Waals surface area contributed by atoms with E-state index in [-0.39, 0.29) is 6.61 Å². The van der Waals surface area contributed by atoms with Gasteiger partial charge in [0.15, 0.2) is 0 Å². The molecule has 7 rings (SSSR count). The molecule has 2 aromatic heterocycles. The van der Waals surface area contributed by atoms with Gasteiger partial charge in [0, 0.05) is 121 Å². The Kier molecular flexibility index (Phi) is 12.4. The van der Waals surface area contributed by atoms with E-state index < -0.39 is 0 Å². The number of hydrogen-bond donors (Lipinski definition) is 2. The molecule has 3 aliphatic heterocycles. The van der Waals surface area contributed by atoms with E-state index in [1.165, 1.54) is 16.7 Å². The molecule has 0 atom stereocenters. The van der Waals surface area contributed by atoms with Crippen molar-refractivity contribution in [3.05, 3.63) is 95.3 Å². The van der Waals surface area contributed by atoms with E-state index in [2.05, 4.69) is 102 Å². The molecule has 5 heterocycles.